The quantitative estimate of drug-likeness (QED) is 0.842. The number of alkyl halides is 3. The van der Waals surface area contributed by atoms with Crippen LogP contribution in [-0.2, 0) is 15.8 Å². The third-order valence-corrected chi connectivity index (χ3v) is 2.82. The molecule has 2 atom stereocenters. The number of rotatable bonds is 5. The van der Waals surface area contributed by atoms with Gasteiger partial charge in [0.05, 0.1) is 11.6 Å². The number of halogens is 3. The molecule has 5 nitrogen and oxygen atoms in total. The average molecular weight is 314 g/mol. The SMILES string of the molecule is CNC(=O)[C@H](C#N)C(=O)[C@@H](C)Oc1ccccc1C(F)(F)F. The van der Waals surface area contributed by atoms with Gasteiger partial charge in [-0.2, -0.15) is 18.4 Å². The highest BCUT2D eigenvalue weighted by Gasteiger charge is 2.36. The number of ketones is 1. The van der Waals surface area contributed by atoms with Gasteiger partial charge >= 0.3 is 6.18 Å². The Balaban J connectivity index is 2.99. The van der Waals surface area contributed by atoms with E-state index < -0.39 is 41.2 Å². The van der Waals surface area contributed by atoms with E-state index in [4.69, 9.17) is 10.00 Å². The molecule has 1 aromatic carbocycles. The summed E-state index contributed by atoms with van der Waals surface area (Å²) in [5.74, 6) is -3.94. The van der Waals surface area contributed by atoms with E-state index in [1.807, 2.05) is 0 Å². The topological polar surface area (TPSA) is 79.2 Å². The molecule has 22 heavy (non-hydrogen) atoms. The minimum Gasteiger partial charge on any atom is -0.482 e. The van der Waals surface area contributed by atoms with Crippen molar-refractivity contribution in [3.63, 3.8) is 0 Å². The number of para-hydroxylation sites is 1. The summed E-state index contributed by atoms with van der Waals surface area (Å²) in [6.45, 7) is 1.18. The lowest BCUT2D eigenvalue weighted by Crippen LogP contribution is -2.39. The van der Waals surface area contributed by atoms with Gasteiger partial charge in [-0.05, 0) is 19.1 Å². The fourth-order valence-electron chi connectivity index (χ4n) is 1.68. The minimum atomic E-state index is -4.64. The molecule has 8 heteroatoms. The first-order valence-corrected chi connectivity index (χ1v) is 6.20. The van der Waals surface area contributed by atoms with Crippen molar-refractivity contribution >= 4 is 11.7 Å². The lowest BCUT2D eigenvalue weighted by molar-refractivity contribution is -0.142. The third kappa shape index (κ3) is 3.97. The second-order valence-corrected chi connectivity index (χ2v) is 4.33. The molecular formula is C14H13F3N2O3. The van der Waals surface area contributed by atoms with Crippen molar-refractivity contribution in [2.75, 3.05) is 7.05 Å². The molecule has 1 rings (SSSR count). The first-order chi connectivity index (χ1) is 10.2. The van der Waals surface area contributed by atoms with Crippen LogP contribution in [0.25, 0.3) is 0 Å². The Morgan fingerprint density at radius 2 is 1.91 bits per heavy atom. The Kier molecular flexibility index (Phi) is 5.51. The number of benzene rings is 1. The van der Waals surface area contributed by atoms with E-state index in [2.05, 4.69) is 5.32 Å². The van der Waals surface area contributed by atoms with Crippen molar-refractivity contribution in [1.82, 2.24) is 5.32 Å². The number of nitriles is 1. The molecule has 118 valence electrons. The van der Waals surface area contributed by atoms with Crippen LogP contribution in [0.2, 0.25) is 0 Å². The number of ether oxygens (including phenoxy) is 1. The van der Waals surface area contributed by atoms with E-state index in [0.717, 1.165) is 12.1 Å². The highest BCUT2D eigenvalue weighted by molar-refractivity contribution is 6.05. The maximum Gasteiger partial charge on any atom is 0.419 e. The normalized spacial score (nSPS) is 13.6. The van der Waals surface area contributed by atoms with Crippen molar-refractivity contribution < 1.29 is 27.5 Å². The molecule has 0 aliphatic heterocycles. The number of Topliss-reactive ketones (excluding diaryl/α,β-unsaturated/α-hetero) is 1. The van der Waals surface area contributed by atoms with Gasteiger partial charge in [-0.1, -0.05) is 12.1 Å². The molecule has 0 aliphatic rings. The maximum atomic E-state index is 12.8. The van der Waals surface area contributed by atoms with E-state index in [0.29, 0.717) is 0 Å². The predicted molar refractivity (Wildman–Crippen MR) is 69.7 cm³/mol. The zero-order chi connectivity index (χ0) is 16.9. The van der Waals surface area contributed by atoms with Crippen molar-refractivity contribution in [2.45, 2.75) is 19.2 Å². The predicted octanol–water partition coefficient (Wildman–Crippen LogP) is 1.93. The van der Waals surface area contributed by atoms with Gasteiger partial charge in [0.1, 0.15) is 5.75 Å². The molecule has 0 unspecified atom stereocenters. The van der Waals surface area contributed by atoms with Gasteiger partial charge in [0.25, 0.3) is 0 Å². The zero-order valence-corrected chi connectivity index (χ0v) is 11.8. The fourth-order valence-corrected chi connectivity index (χ4v) is 1.68. The van der Waals surface area contributed by atoms with Crippen molar-refractivity contribution in [1.29, 1.82) is 5.26 Å². The summed E-state index contributed by atoms with van der Waals surface area (Å²) in [7, 11) is 1.24. The molecule has 0 fully saturated rings. The molecule has 1 N–H and O–H groups in total. The van der Waals surface area contributed by atoms with E-state index >= 15 is 0 Å². The Labute approximate surface area is 124 Å². The lowest BCUT2D eigenvalue weighted by atomic mass is 10.0. The average Bonchev–Trinajstić information content (AvgIpc) is 2.46. The van der Waals surface area contributed by atoms with Crippen molar-refractivity contribution in [2.24, 2.45) is 5.92 Å². The highest BCUT2D eigenvalue weighted by atomic mass is 19.4. The summed E-state index contributed by atoms with van der Waals surface area (Å²) in [6, 6.07) is 5.88. The van der Waals surface area contributed by atoms with Crippen LogP contribution in [0.3, 0.4) is 0 Å². The molecule has 0 aliphatic carbocycles. The molecule has 1 aromatic rings. The maximum absolute atomic E-state index is 12.8. The van der Waals surface area contributed by atoms with Crippen LogP contribution in [0.5, 0.6) is 5.75 Å². The van der Waals surface area contributed by atoms with Gasteiger partial charge in [0.15, 0.2) is 17.8 Å². The smallest absolute Gasteiger partial charge is 0.419 e. The molecule has 0 spiro atoms. The van der Waals surface area contributed by atoms with Gasteiger partial charge in [0.2, 0.25) is 5.91 Å². The van der Waals surface area contributed by atoms with Crippen LogP contribution in [-0.4, -0.2) is 24.8 Å². The van der Waals surface area contributed by atoms with Crippen LogP contribution < -0.4 is 10.1 Å². The van der Waals surface area contributed by atoms with E-state index in [1.165, 1.54) is 32.2 Å². The van der Waals surface area contributed by atoms with Crippen molar-refractivity contribution in [3.05, 3.63) is 29.8 Å². The summed E-state index contributed by atoms with van der Waals surface area (Å²) in [6.07, 6.45) is -6.03. The number of nitrogens with zero attached hydrogens (tertiary/aromatic N) is 1. The molecule has 0 heterocycles. The number of nitrogens with one attached hydrogen (secondary N) is 1. The second kappa shape index (κ2) is 6.93. The number of carbonyl (C=O) groups is 2. The molecule has 0 aromatic heterocycles. The fraction of sp³-hybridized carbons (Fsp3) is 0.357. The third-order valence-electron chi connectivity index (χ3n) is 2.82. The number of amides is 1. The molecule has 0 bridgehead atoms. The van der Waals surface area contributed by atoms with Crippen LogP contribution >= 0.6 is 0 Å². The van der Waals surface area contributed by atoms with Gasteiger partial charge in [-0.3, -0.25) is 9.59 Å². The molecule has 0 radical (unpaired) electrons. The molecule has 0 saturated heterocycles. The Bertz CT molecular complexity index is 608. The summed E-state index contributed by atoms with van der Waals surface area (Å²) >= 11 is 0. The number of hydrogen-bond donors (Lipinski definition) is 1. The van der Waals surface area contributed by atoms with E-state index in [1.54, 1.807) is 0 Å². The minimum absolute atomic E-state index is 0.538. The molecule has 1 amide bonds. The largest absolute Gasteiger partial charge is 0.482 e. The van der Waals surface area contributed by atoms with Crippen LogP contribution in [0, 0.1) is 17.2 Å². The van der Waals surface area contributed by atoms with Crippen LogP contribution in [0.15, 0.2) is 24.3 Å². The van der Waals surface area contributed by atoms with Crippen molar-refractivity contribution in [3.8, 4) is 11.8 Å². The Hall–Kier alpha value is -2.56. The number of carbonyl (C=O) groups excluding carboxylic acids is 2. The summed E-state index contributed by atoms with van der Waals surface area (Å²) in [5.41, 5.74) is -1.04. The lowest BCUT2D eigenvalue weighted by Gasteiger charge is -2.19. The molecule has 0 saturated carbocycles. The summed E-state index contributed by atoms with van der Waals surface area (Å²) in [5, 5.41) is 11.0. The first kappa shape index (κ1) is 17.5. The van der Waals surface area contributed by atoms with Crippen LogP contribution in [0.1, 0.15) is 12.5 Å². The first-order valence-electron chi connectivity index (χ1n) is 6.20. The van der Waals surface area contributed by atoms with E-state index in [-0.39, 0.29) is 0 Å². The zero-order valence-electron chi connectivity index (χ0n) is 11.8. The standard InChI is InChI=1S/C14H13F3N2O3/c1-8(12(20)9(7-18)13(21)19-2)22-11-6-4-3-5-10(11)14(15,16)17/h3-6,8-9H,1-2H3,(H,19,21)/t8-,9-/m1/s1. The van der Waals surface area contributed by atoms with Crippen LogP contribution in [0.4, 0.5) is 13.2 Å². The van der Waals surface area contributed by atoms with E-state index in [9.17, 15) is 22.8 Å². The van der Waals surface area contributed by atoms with Gasteiger partial charge in [-0.15, -0.1) is 0 Å². The number of hydrogen-bond acceptors (Lipinski definition) is 4. The molecular weight excluding hydrogens is 301 g/mol. The highest BCUT2D eigenvalue weighted by Crippen LogP contribution is 2.36. The Morgan fingerprint density at radius 1 is 1.32 bits per heavy atom. The summed E-state index contributed by atoms with van der Waals surface area (Å²) in [4.78, 5) is 23.3. The monoisotopic (exact) mass is 314 g/mol. The Morgan fingerprint density at radius 3 is 2.41 bits per heavy atom. The van der Waals surface area contributed by atoms with Gasteiger partial charge in [0, 0.05) is 7.05 Å². The van der Waals surface area contributed by atoms with Gasteiger partial charge < -0.3 is 10.1 Å². The summed E-state index contributed by atoms with van der Waals surface area (Å²) < 4.78 is 43.5. The second-order valence-electron chi connectivity index (χ2n) is 4.33. The van der Waals surface area contributed by atoms with Gasteiger partial charge in [-0.25, -0.2) is 0 Å².